The van der Waals surface area contributed by atoms with Crippen LogP contribution in [0.25, 0.3) is 11.5 Å². The summed E-state index contributed by atoms with van der Waals surface area (Å²) in [7, 11) is 0. The first-order chi connectivity index (χ1) is 9.02. The average Bonchev–Trinajstić information content (AvgIpc) is 2.86. The second-order valence-corrected chi connectivity index (χ2v) is 4.90. The van der Waals surface area contributed by atoms with Crippen LogP contribution >= 0.6 is 0 Å². The molecule has 0 aliphatic rings. The molecule has 1 N–H and O–H groups in total. The monoisotopic (exact) mass is 261 g/mol. The highest BCUT2D eigenvalue weighted by Gasteiger charge is 2.22. The molecule has 2 rings (SSSR count). The maximum Gasteiger partial charge on any atom is 0.232 e. The number of hydrogen-bond donors (Lipinski definition) is 1. The van der Waals surface area contributed by atoms with E-state index in [1.54, 1.807) is 6.20 Å². The van der Waals surface area contributed by atoms with Gasteiger partial charge in [0.05, 0.1) is 12.0 Å². The second-order valence-electron chi connectivity index (χ2n) is 4.90. The summed E-state index contributed by atoms with van der Waals surface area (Å²) in [6, 6.07) is 2.03. The van der Waals surface area contributed by atoms with Crippen LogP contribution in [0.4, 0.5) is 0 Å². The molecule has 102 valence electrons. The van der Waals surface area contributed by atoms with E-state index in [4.69, 9.17) is 4.52 Å². The van der Waals surface area contributed by atoms with Crippen molar-refractivity contribution in [2.75, 3.05) is 0 Å². The summed E-state index contributed by atoms with van der Waals surface area (Å²) in [6.45, 7) is 7.76. The topological polar surface area (TPSA) is 72.0 Å². The van der Waals surface area contributed by atoms with E-state index < -0.39 is 6.10 Å². The van der Waals surface area contributed by atoms with E-state index in [2.05, 4.69) is 15.1 Å². The number of hydrogen-bond acceptors (Lipinski definition) is 5. The summed E-state index contributed by atoms with van der Waals surface area (Å²) in [5.74, 6) is 0.755. The molecule has 0 aromatic carbocycles. The summed E-state index contributed by atoms with van der Waals surface area (Å²) in [4.78, 5) is 8.68. The van der Waals surface area contributed by atoms with E-state index in [1.807, 2.05) is 33.8 Å². The van der Waals surface area contributed by atoms with Crippen molar-refractivity contribution in [1.29, 1.82) is 0 Å². The number of aliphatic hydroxyl groups excluding tert-OH is 1. The summed E-state index contributed by atoms with van der Waals surface area (Å²) in [5, 5.41) is 13.8. The number of aryl methyl sites for hydroxylation is 2. The molecular weight excluding hydrogens is 242 g/mol. The Bertz CT molecular complexity index is 566. The normalized spacial score (nSPS) is 14.4. The minimum Gasteiger partial charge on any atom is -0.392 e. The SMILES string of the molecule is CCC(O)C(C)c1nc(-c2ncc(C)cc2C)no1. The lowest BCUT2D eigenvalue weighted by molar-refractivity contribution is 0.129. The Morgan fingerprint density at radius 3 is 2.74 bits per heavy atom. The van der Waals surface area contributed by atoms with Gasteiger partial charge in [0, 0.05) is 6.20 Å². The summed E-state index contributed by atoms with van der Waals surface area (Å²) < 4.78 is 5.23. The fraction of sp³-hybridized carbons (Fsp3) is 0.500. The van der Waals surface area contributed by atoms with Gasteiger partial charge in [-0.25, -0.2) is 0 Å². The van der Waals surface area contributed by atoms with E-state index in [-0.39, 0.29) is 5.92 Å². The first-order valence-corrected chi connectivity index (χ1v) is 6.48. The predicted molar refractivity (Wildman–Crippen MR) is 71.7 cm³/mol. The van der Waals surface area contributed by atoms with Gasteiger partial charge in [-0.3, -0.25) is 4.98 Å². The van der Waals surface area contributed by atoms with Crippen LogP contribution in [0.15, 0.2) is 16.8 Å². The molecule has 0 spiro atoms. The van der Waals surface area contributed by atoms with Crippen molar-refractivity contribution in [3.05, 3.63) is 29.3 Å². The Morgan fingerprint density at radius 1 is 1.37 bits per heavy atom. The molecule has 2 atom stereocenters. The largest absolute Gasteiger partial charge is 0.392 e. The molecule has 0 fully saturated rings. The van der Waals surface area contributed by atoms with Crippen LogP contribution in [0.3, 0.4) is 0 Å². The molecule has 19 heavy (non-hydrogen) atoms. The minimum atomic E-state index is -0.472. The van der Waals surface area contributed by atoms with E-state index in [0.717, 1.165) is 16.8 Å². The molecule has 2 heterocycles. The third-order valence-corrected chi connectivity index (χ3v) is 3.25. The fourth-order valence-corrected chi connectivity index (χ4v) is 1.98. The molecule has 2 unspecified atom stereocenters. The number of pyridine rings is 1. The van der Waals surface area contributed by atoms with Crippen molar-refractivity contribution < 1.29 is 9.63 Å². The molecule has 0 radical (unpaired) electrons. The van der Waals surface area contributed by atoms with Crippen LogP contribution in [0, 0.1) is 13.8 Å². The van der Waals surface area contributed by atoms with Gasteiger partial charge >= 0.3 is 0 Å². The van der Waals surface area contributed by atoms with Gasteiger partial charge < -0.3 is 9.63 Å². The van der Waals surface area contributed by atoms with Crippen molar-refractivity contribution in [3.63, 3.8) is 0 Å². The molecule has 0 bridgehead atoms. The highest BCUT2D eigenvalue weighted by Crippen LogP contribution is 2.23. The Morgan fingerprint density at radius 2 is 2.11 bits per heavy atom. The maximum absolute atomic E-state index is 9.81. The zero-order valence-corrected chi connectivity index (χ0v) is 11.7. The van der Waals surface area contributed by atoms with Crippen molar-refractivity contribution in [3.8, 4) is 11.5 Å². The maximum atomic E-state index is 9.81. The molecule has 0 amide bonds. The van der Waals surface area contributed by atoms with Gasteiger partial charge in [-0.15, -0.1) is 0 Å². The molecule has 2 aromatic rings. The van der Waals surface area contributed by atoms with Crippen LogP contribution in [0.5, 0.6) is 0 Å². The molecule has 0 aliphatic carbocycles. The summed E-state index contributed by atoms with van der Waals surface area (Å²) in [6.07, 6.45) is 1.96. The van der Waals surface area contributed by atoms with Crippen molar-refractivity contribution >= 4 is 0 Å². The second kappa shape index (κ2) is 5.48. The van der Waals surface area contributed by atoms with Crippen LogP contribution in [0.1, 0.15) is 43.2 Å². The third kappa shape index (κ3) is 2.81. The van der Waals surface area contributed by atoms with Crippen LogP contribution in [-0.4, -0.2) is 26.3 Å². The van der Waals surface area contributed by atoms with Crippen LogP contribution in [-0.2, 0) is 0 Å². The molecule has 2 aromatic heterocycles. The third-order valence-electron chi connectivity index (χ3n) is 3.25. The molecule has 0 saturated heterocycles. The zero-order chi connectivity index (χ0) is 14.0. The van der Waals surface area contributed by atoms with Crippen molar-refractivity contribution in [2.45, 2.75) is 46.1 Å². The predicted octanol–water partition coefficient (Wildman–Crippen LogP) is 2.62. The van der Waals surface area contributed by atoms with Crippen molar-refractivity contribution in [2.24, 2.45) is 0 Å². The van der Waals surface area contributed by atoms with Crippen LogP contribution < -0.4 is 0 Å². The van der Waals surface area contributed by atoms with Gasteiger partial charge in [-0.1, -0.05) is 25.1 Å². The lowest BCUT2D eigenvalue weighted by Gasteiger charge is -2.11. The first-order valence-electron chi connectivity index (χ1n) is 6.48. The Kier molecular flexibility index (Phi) is 3.95. The van der Waals surface area contributed by atoms with Gasteiger partial charge in [0.2, 0.25) is 11.7 Å². The molecule has 5 nitrogen and oxygen atoms in total. The van der Waals surface area contributed by atoms with E-state index in [0.29, 0.717) is 18.1 Å². The van der Waals surface area contributed by atoms with E-state index >= 15 is 0 Å². The lowest BCUT2D eigenvalue weighted by atomic mass is 10.0. The smallest absolute Gasteiger partial charge is 0.232 e. The first kappa shape index (κ1) is 13.7. The highest BCUT2D eigenvalue weighted by atomic mass is 16.5. The molecular formula is C14H19N3O2. The van der Waals surface area contributed by atoms with Gasteiger partial charge in [-0.2, -0.15) is 4.98 Å². The van der Waals surface area contributed by atoms with Crippen molar-refractivity contribution in [1.82, 2.24) is 15.1 Å². The average molecular weight is 261 g/mol. The Hall–Kier alpha value is -1.75. The molecule has 5 heteroatoms. The minimum absolute atomic E-state index is 0.169. The quantitative estimate of drug-likeness (QED) is 0.916. The van der Waals surface area contributed by atoms with Crippen LogP contribution in [0.2, 0.25) is 0 Å². The number of rotatable bonds is 4. The Labute approximate surface area is 112 Å². The van der Waals surface area contributed by atoms with Gasteiger partial charge in [0.25, 0.3) is 0 Å². The Balaban J connectivity index is 2.30. The molecule has 0 aliphatic heterocycles. The number of aromatic nitrogens is 3. The number of aliphatic hydroxyl groups is 1. The van der Waals surface area contributed by atoms with Gasteiger partial charge in [0.1, 0.15) is 5.69 Å². The van der Waals surface area contributed by atoms with Gasteiger partial charge in [0.15, 0.2) is 0 Å². The van der Waals surface area contributed by atoms with E-state index in [1.165, 1.54) is 0 Å². The number of nitrogens with zero attached hydrogens (tertiary/aromatic N) is 3. The summed E-state index contributed by atoms with van der Waals surface area (Å²) in [5.41, 5.74) is 2.83. The van der Waals surface area contributed by atoms with Gasteiger partial charge in [-0.05, 0) is 31.4 Å². The zero-order valence-electron chi connectivity index (χ0n) is 11.7. The molecule has 0 saturated carbocycles. The fourth-order valence-electron chi connectivity index (χ4n) is 1.98. The summed E-state index contributed by atoms with van der Waals surface area (Å²) >= 11 is 0. The lowest BCUT2D eigenvalue weighted by Crippen LogP contribution is -2.14. The van der Waals surface area contributed by atoms with E-state index in [9.17, 15) is 5.11 Å². The standard InChI is InChI=1S/C14H19N3O2/c1-5-11(18)10(4)14-16-13(17-19-14)12-9(3)6-8(2)7-15-12/h6-7,10-11,18H,5H2,1-4H3. The highest BCUT2D eigenvalue weighted by molar-refractivity contribution is 5.54.